The van der Waals surface area contributed by atoms with Crippen molar-refractivity contribution >= 4 is 27.8 Å². The Kier molecular flexibility index (Phi) is 9.10. The average Bonchev–Trinajstić information content (AvgIpc) is 3.28. The van der Waals surface area contributed by atoms with Crippen LogP contribution in [0.1, 0.15) is 88.8 Å². The smallest absolute Gasteiger partial charge is 0.425 e. The molecule has 0 radical (unpaired) electrons. The maximum Gasteiger partial charge on any atom is 2.00 e. The van der Waals surface area contributed by atoms with Crippen molar-refractivity contribution in [3.63, 3.8) is 0 Å². The topological polar surface area (TPSA) is 18.5 Å². The zero-order valence-electron chi connectivity index (χ0n) is 24.5. The van der Waals surface area contributed by atoms with Crippen LogP contribution in [-0.2, 0) is 35.1 Å². The average molecular weight is 608 g/mol. The summed E-state index contributed by atoms with van der Waals surface area (Å²) in [6.45, 7) is 23.1. The summed E-state index contributed by atoms with van der Waals surface area (Å²) in [6.07, 6.45) is 9.25. The first-order chi connectivity index (χ1) is 16.6. The van der Waals surface area contributed by atoms with Gasteiger partial charge in [0.2, 0.25) is 0 Å². The molecule has 37 heavy (non-hydrogen) atoms. The van der Waals surface area contributed by atoms with Gasteiger partial charge in [-0.2, -0.15) is 11.1 Å². The molecule has 2 atom stereocenters. The van der Waals surface area contributed by atoms with Gasteiger partial charge in [0.1, 0.15) is 0 Å². The molecule has 2 aromatic rings. The summed E-state index contributed by atoms with van der Waals surface area (Å²) in [6, 6.07) is 17.4. The van der Waals surface area contributed by atoms with Crippen molar-refractivity contribution in [3.8, 4) is 0 Å². The zero-order chi connectivity index (χ0) is 26.5. The third kappa shape index (κ3) is 6.33. The molecule has 0 saturated heterocycles. The van der Waals surface area contributed by atoms with E-state index in [-0.39, 0.29) is 48.5 Å². The van der Waals surface area contributed by atoms with Crippen LogP contribution >= 0.6 is 0 Å². The Hall–Kier alpha value is -0.843. The molecule has 2 aliphatic rings. The Morgan fingerprint density at radius 3 is 1.27 bits per heavy atom. The second-order valence-electron chi connectivity index (χ2n) is 13.4. The summed E-state index contributed by atoms with van der Waals surface area (Å²) in [4.78, 5) is 0. The van der Waals surface area contributed by atoms with E-state index in [9.17, 15) is 0 Å². The van der Waals surface area contributed by atoms with Gasteiger partial charge in [0.15, 0.2) is 16.6 Å². The van der Waals surface area contributed by atoms with Crippen LogP contribution in [0.4, 0.5) is 0 Å². The summed E-state index contributed by atoms with van der Waals surface area (Å²) in [5, 5.41) is 0.331. The monoisotopic (exact) mass is 606 g/mol. The first-order valence-electron chi connectivity index (χ1n) is 13.4. The van der Waals surface area contributed by atoms with Crippen LogP contribution in [0.3, 0.4) is 0 Å². The normalized spacial score (nSPS) is 19.6. The van der Waals surface area contributed by atoms with Gasteiger partial charge >= 0.3 is 26.2 Å². The molecule has 0 unspecified atom stereocenters. The minimum atomic E-state index is -1.92. The molecule has 4 rings (SSSR count). The fourth-order valence-electron chi connectivity index (χ4n) is 4.42. The van der Waals surface area contributed by atoms with Gasteiger partial charge in [0.05, 0.1) is 0 Å². The third-order valence-electron chi connectivity index (χ3n) is 8.81. The van der Waals surface area contributed by atoms with Crippen molar-refractivity contribution in [2.75, 3.05) is 0 Å². The predicted octanol–water partition coefficient (Wildman–Crippen LogP) is 9.69. The van der Waals surface area contributed by atoms with Crippen LogP contribution in [0.5, 0.6) is 0 Å². The van der Waals surface area contributed by atoms with Gasteiger partial charge in [-0.1, -0.05) is 90.8 Å². The van der Waals surface area contributed by atoms with Crippen molar-refractivity contribution in [1.29, 1.82) is 0 Å². The minimum Gasteiger partial charge on any atom is -0.425 e. The number of benzene rings is 2. The summed E-state index contributed by atoms with van der Waals surface area (Å²) in [5.74, 6) is 0. The van der Waals surface area contributed by atoms with Crippen molar-refractivity contribution in [2.45, 2.75) is 103 Å². The molecule has 0 heterocycles. The van der Waals surface area contributed by atoms with E-state index in [2.05, 4.69) is 128 Å². The first kappa shape index (κ1) is 30.7. The van der Waals surface area contributed by atoms with E-state index in [0.29, 0.717) is 0 Å². The summed E-state index contributed by atoms with van der Waals surface area (Å²) in [7, 11) is -3.84. The summed E-state index contributed by atoms with van der Waals surface area (Å²) >= 11 is 0. The van der Waals surface area contributed by atoms with E-state index in [0.717, 1.165) is 12.8 Å². The molecule has 5 heteroatoms. The van der Waals surface area contributed by atoms with Crippen LogP contribution < -0.4 is 0 Å². The largest absolute Gasteiger partial charge is 2.00 e. The van der Waals surface area contributed by atoms with E-state index in [1.165, 1.54) is 33.4 Å². The van der Waals surface area contributed by atoms with Gasteiger partial charge in [-0.15, -0.1) is 23.3 Å². The second-order valence-corrected chi connectivity index (χ2v) is 22.9. The molecule has 0 aromatic heterocycles. The Balaban J connectivity index is 0.00000380. The molecular formula is C32H44O2Si2Zr. The molecule has 2 aromatic carbocycles. The molecule has 0 amide bonds. The maximum absolute atomic E-state index is 6.82. The Morgan fingerprint density at radius 1 is 0.622 bits per heavy atom. The van der Waals surface area contributed by atoms with Crippen LogP contribution in [-0.4, -0.2) is 16.6 Å². The zero-order valence-corrected chi connectivity index (χ0v) is 29.0. The van der Waals surface area contributed by atoms with E-state index in [4.69, 9.17) is 8.85 Å². The van der Waals surface area contributed by atoms with Crippen molar-refractivity contribution in [1.82, 2.24) is 0 Å². The van der Waals surface area contributed by atoms with Crippen LogP contribution in [0.15, 0.2) is 48.5 Å². The fraction of sp³-hybridized carbons (Fsp3) is 0.500. The molecule has 2 aliphatic carbocycles. The standard InChI is InChI=1S/C32H44O2Si2.Zr/c1-31(2,3)35(7,8)33-29-21-23(25-15-11-13-17-27(25)29)19-20-24-22-30(28-18-14-12-16-26(24)28)34-36(9,10)32(4,5)6;/h11-18,29-30H,19-20H2,1-10H3;/q-2;+2/t29-,30+;. The molecule has 0 N–H and O–H groups in total. The molecule has 2 nitrogen and oxygen atoms in total. The number of hydrogen-bond donors (Lipinski definition) is 0. The molecule has 0 fully saturated rings. The SMILES string of the molecule is CC(C)(C)[Si](C)(C)O[C@H]1[C-]=C(CCC2=[C-][C@@H](O[Si](C)(C)C(C)(C)C)c3ccccc32)c2ccccc21.[Zr+2]. The fourth-order valence-corrected chi connectivity index (χ4v) is 6.68. The van der Waals surface area contributed by atoms with Gasteiger partial charge in [0, 0.05) is 0 Å². The molecular weight excluding hydrogens is 564 g/mol. The Labute approximate surface area is 247 Å². The van der Waals surface area contributed by atoms with Gasteiger partial charge in [0.25, 0.3) is 0 Å². The van der Waals surface area contributed by atoms with Gasteiger partial charge in [-0.05, 0) is 48.5 Å². The summed E-state index contributed by atoms with van der Waals surface area (Å²) < 4.78 is 13.6. The number of hydrogen-bond acceptors (Lipinski definition) is 2. The van der Waals surface area contributed by atoms with Crippen LogP contribution in [0.2, 0.25) is 36.3 Å². The van der Waals surface area contributed by atoms with Crippen molar-refractivity contribution in [3.05, 3.63) is 82.9 Å². The second kappa shape index (κ2) is 11.0. The predicted molar refractivity (Wildman–Crippen MR) is 157 cm³/mol. The number of allylic oxidation sites excluding steroid dienone is 2. The number of rotatable bonds is 7. The van der Waals surface area contributed by atoms with E-state index in [1.807, 2.05) is 0 Å². The Bertz CT molecular complexity index is 1090. The minimum absolute atomic E-state index is 0. The van der Waals surface area contributed by atoms with E-state index in [1.54, 1.807) is 0 Å². The van der Waals surface area contributed by atoms with Gasteiger partial charge in [-0.25, -0.2) is 23.3 Å². The molecule has 0 spiro atoms. The van der Waals surface area contributed by atoms with Crippen LogP contribution in [0.25, 0.3) is 11.1 Å². The summed E-state index contributed by atoms with van der Waals surface area (Å²) in [5.41, 5.74) is 7.66. The molecule has 0 aliphatic heterocycles. The van der Waals surface area contributed by atoms with Gasteiger partial charge < -0.3 is 8.85 Å². The molecule has 0 bridgehead atoms. The quantitative estimate of drug-likeness (QED) is 0.230. The van der Waals surface area contributed by atoms with Crippen molar-refractivity contribution in [2.24, 2.45) is 0 Å². The molecule has 196 valence electrons. The van der Waals surface area contributed by atoms with E-state index < -0.39 is 16.6 Å². The molecule has 0 saturated carbocycles. The van der Waals surface area contributed by atoms with Crippen LogP contribution in [0, 0.1) is 12.2 Å². The third-order valence-corrected chi connectivity index (χ3v) is 17.7. The maximum atomic E-state index is 6.82. The number of fused-ring (bicyclic) bond motifs is 2. The Morgan fingerprint density at radius 2 is 0.946 bits per heavy atom. The van der Waals surface area contributed by atoms with Gasteiger partial charge in [-0.3, -0.25) is 0 Å². The first-order valence-corrected chi connectivity index (χ1v) is 19.2. The van der Waals surface area contributed by atoms with E-state index >= 15 is 0 Å². The van der Waals surface area contributed by atoms with Crippen molar-refractivity contribution < 1.29 is 35.1 Å².